The Morgan fingerprint density at radius 3 is 2.46 bits per heavy atom. The molecule has 1 aromatic carbocycles. The molecule has 132 valence electrons. The van der Waals surface area contributed by atoms with Gasteiger partial charge in [-0.3, -0.25) is 19.4 Å². The largest absolute Gasteiger partial charge is 0.496 e. The topological polar surface area (TPSA) is 49.9 Å². The zero-order valence-corrected chi connectivity index (χ0v) is 16.4. The number of carbonyl (C=O) groups is 2. The maximum Gasteiger partial charge on any atom is 0.230 e. The number of rotatable bonds is 6. The van der Waals surface area contributed by atoms with Gasteiger partial charge in [0, 0.05) is 29.4 Å². The number of nitrogens with zero attached hydrogens (tertiary/aromatic N) is 2. The minimum atomic E-state index is -0.198. The number of amides is 2. The van der Waals surface area contributed by atoms with Gasteiger partial charge in [-0.15, -0.1) is 0 Å². The lowest BCUT2D eigenvalue weighted by atomic mass is 9.77. The molecule has 2 rings (SSSR count). The van der Waals surface area contributed by atoms with Gasteiger partial charge in [-0.1, -0.05) is 29.8 Å². The lowest BCUT2D eigenvalue weighted by Crippen LogP contribution is -2.50. The molecular formula is C18H25BrN2O3. The van der Waals surface area contributed by atoms with Crippen molar-refractivity contribution >= 4 is 27.7 Å². The van der Waals surface area contributed by atoms with E-state index in [-0.39, 0.29) is 17.2 Å². The molecule has 0 aromatic heterocycles. The fraction of sp³-hybridized carbons (Fsp3) is 0.556. The van der Waals surface area contributed by atoms with E-state index in [0.717, 1.165) is 22.2 Å². The number of methoxy groups -OCH3 is 1. The summed E-state index contributed by atoms with van der Waals surface area (Å²) in [4.78, 5) is 28.1. The molecule has 0 aliphatic carbocycles. The standard InChI is InChI=1S/C18H25BrN2O3/c1-5-18(2)9-16(22)21(17(23)10-18)12-20(3)11-13-8-14(19)6-7-15(13)24-4/h6-8H,5,9-12H2,1-4H3. The van der Waals surface area contributed by atoms with Crippen LogP contribution in [0, 0.1) is 5.41 Å². The number of ether oxygens (including phenoxy) is 1. The molecule has 0 unspecified atom stereocenters. The number of carbonyl (C=O) groups excluding carboxylic acids is 2. The van der Waals surface area contributed by atoms with Gasteiger partial charge in [0.1, 0.15) is 5.75 Å². The van der Waals surface area contributed by atoms with E-state index < -0.39 is 0 Å². The van der Waals surface area contributed by atoms with Gasteiger partial charge in [0.15, 0.2) is 0 Å². The van der Waals surface area contributed by atoms with Crippen LogP contribution in [-0.2, 0) is 16.1 Å². The maximum atomic E-state index is 12.4. The van der Waals surface area contributed by atoms with E-state index in [9.17, 15) is 9.59 Å². The van der Waals surface area contributed by atoms with Crippen molar-refractivity contribution in [3.63, 3.8) is 0 Å². The zero-order valence-electron chi connectivity index (χ0n) is 14.8. The van der Waals surface area contributed by atoms with Gasteiger partial charge in [0.25, 0.3) is 0 Å². The fourth-order valence-electron chi connectivity index (χ4n) is 2.98. The SMILES string of the molecule is CCC1(C)CC(=O)N(CN(C)Cc2cc(Br)ccc2OC)C(=O)C1. The van der Waals surface area contributed by atoms with E-state index in [0.29, 0.717) is 26.1 Å². The van der Waals surface area contributed by atoms with Crippen molar-refractivity contribution in [2.24, 2.45) is 5.41 Å². The number of halogens is 1. The van der Waals surface area contributed by atoms with E-state index in [2.05, 4.69) is 15.9 Å². The van der Waals surface area contributed by atoms with E-state index in [4.69, 9.17) is 4.74 Å². The minimum Gasteiger partial charge on any atom is -0.496 e. The van der Waals surface area contributed by atoms with Gasteiger partial charge in [0.05, 0.1) is 13.8 Å². The molecule has 1 fully saturated rings. The van der Waals surface area contributed by atoms with Crippen molar-refractivity contribution < 1.29 is 14.3 Å². The van der Waals surface area contributed by atoms with Crippen LogP contribution in [0.25, 0.3) is 0 Å². The summed E-state index contributed by atoms with van der Waals surface area (Å²) in [6.07, 6.45) is 1.70. The summed E-state index contributed by atoms with van der Waals surface area (Å²) in [7, 11) is 3.53. The van der Waals surface area contributed by atoms with E-state index in [1.54, 1.807) is 7.11 Å². The fourth-order valence-corrected chi connectivity index (χ4v) is 3.39. The molecule has 2 amide bonds. The van der Waals surface area contributed by atoms with Crippen LogP contribution in [0.4, 0.5) is 0 Å². The third kappa shape index (κ3) is 4.36. The molecule has 1 saturated heterocycles. The summed E-state index contributed by atoms with van der Waals surface area (Å²) in [5.41, 5.74) is 0.807. The number of hydrogen-bond donors (Lipinski definition) is 0. The molecule has 0 radical (unpaired) electrons. The van der Waals surface area contributed by atoms with Gasteiger partial charge >= 0.3 is 0 Å². The number of benzene rings is 1. The van der Waals surface area contributed by atoms with Gasteiger partial charge in [-0.25, -0.2) is 0 Å². The molecule has 1 aliphatic rings. The summed E-state index contributed by atoms with van der Waals surface area (Å²) in [5.74, 6) is 0.632. The Bertz CT molecular complexity index is 615. The van der Waals surface area contributed by atoms with Crippen LogP contribution in [0.1, 0.15) is 38.7 Å². The second-order valence-corrected chi connectivity index (χ2v) is 7.76. The molecule has 24 heavy (non-hydrogen) atoms. The van der Waals surface area contributed by atoms with Crippen LogP contribution in [0.5, 0.6) is 5.75 Å². The van der Waals surface area contributed by atoms with Gasteiger partial charge in [0.2, 0.25) is 11.8 Å². The number of hydrogen-bond acceptors (Lipinski definition) is 4. The molecule has 0 bridgehead atoms. The van der Waals surface area contributed by atoms with Gasteiger partial charge in [-0.05, 0) is 37.1 Å². The highest BCUT2D eigenvalue weighted by Gasteiger charge is 2.39. The van der Waals surface area contributed by atoms with Crippen molar-refractivity contribution in [1.29, 1.82) is 0 Å². The van der Waals surface area contributed by atoms with Crippen LogP contribution in [0.2, 0.25) is 0 Å². The lowest BCUT2D eigenvalue weighted by Gasteiger charge is -2.38. The molecular weight excluding hydrogens is 372 g/mol. The minimum absolute atomic E-state index is 0.0799. The third-order valence-corrected chi connectivity index (χ3v) is 5.17. The first-order chi connectivity index (χ1) is 11.3. The zero-order chi connectivity index (χ0) is 17.9. The van der Waals surface area contributed by atoms with E-state index in [1.165, 1.54) is 4.90 Å². The van der Waals surface area contributed by atoms with Crippen molar-refractivity contribution in [2.45, 2.75) is 39.7 Å². The van der Waals surface area contributed by atoms with Crippen LogP contribution in [-0.4, -0.2) is 42.4 Å². The predicted octanol–water partition coefficient (Wildman–Crippen LogP) is 3.41. The molecule has 1 aromatic rings. The predicted molar refractivity (Wildman–Crippen MR) is 96.5 cm³/mol. The monoisotopic (exact) mass is 396 g/mol. The van der Waals surface area contributed by atoms with Crippen LogP contribution >= 0.6 is 15.9 Å². The summed E-state index contributed by atoms with van der Waals surface area (Å²) < 4.78 is 6.35. The van der Waals surface area contributed by atoms with Gasteiger partial charge in [-0.2, -0.15) is 0 Å². The Kier molecular flexibility index (Phi) is 6.04. The molecule has 0 atom stereocenters. The quantitative estimate of drug-likeness (QED) is 0.691. The summed E-state index contributed by atoms with van der Waals surface area (Å²) in [5, 5.41) is 0. The lowest BCUT2D eigenvalue weighted by molar-refractivity contribution is -0.155. The summed E-state index contributed by atoms with van der Waals surface area (Å²) in [6, 6.07) is 5.81. The van der Waals surface area contributed by atoms with Crippen molar-refractivity contribution in [2.75, 3.05) is 20.8 Å². The molecule has 1 heterocycles. The highest BCUT2D eigenvalue weighted by Crippen LogP contribution is 2.35. The molecule has 0 saturated carbocycles. The Labute approximate surface area is 152 Å². The normalized spacial score (nSPS) is 17.5. The first-order valence-electron chi connectivity index (χ1n) is 8.12. The second-order valence-electron chi connectivity index (χ2n) is 6.85. The van der Waals surface area contributed by atoms with Crippen molar-refractivity contribution in [1.82, 2.24) is 9.80 Å². The summed E-state index contributed by atoms with van der Waals surface area (Å²) in [6.45, 7) is 4.93. The smallest absolute Gasteiger partial charge is 0.230 e. The molecule has 1 aliphatic heterocycles. The van der Waals surface area contributed by atoms with Crippen LogP contribution in [0.15, 0.2) is 22.7 Å². The Morgan fingerprint density at radius 2 is 1.92 bits per heavy atom. The first-order valence-corrected chi connectivity index (χ1v) is 8.91. The van der Waals surface area contributed by atoms with E-state index >= 15 is 0 Å². The number of imide groups is 1. The molecule has 6 heteroatoms. The van der Waals surface area contributed by atoms with Crippen LogP contribution < -0.4 is 4.74 Å². The molecule has 5 nitrogen and oxygen atoms in total. The van der Waals surface area contributed by atoms with Crippen LogP contribution in [0.3, 0.4) is 0 Å². The first kappa shape index (κ1) is 18.9. The maximum absolute atomic E-state index is 12.4. The Balaban J connectivity index is 2.05. The molecule has 0 N–H and O–H groups in total. The number of piperidine rings is 1. The second kappa shape index (κ2) is 7.66. The van der Waals surface area contributed by atoms with E-state index in [1.807, 2.05) is 44.0 Å². The average molecular weight is 397 g/mol. The molecule has 0 spiro atoms. The Hall–Kier alpha value is -1.40. The number of likely N-dealkylation sites (tertiary alicyclic amines) is 1. The Morgan fingerprint density at radius 1 is 1.29 bits per heavy atom. The highest BCUT2D eigenvalue weighted by atomic mass is 79.9. The highest BCUT2D eigenvalue weighted by molar-refractivity contribution is 9.10. The van der Waals surface area contributed by atoms with Crippen molar-refractivity contribution in [3.05, 3.63) is 28.2 Å². The average Bonchev–Trinajstić information content (AvgIpc) is 2.51. The van der Waals surface area contributed by atoms with Gasteiger partial charge < -0.3 is 4.74 Å². The van der Waals surface area contributed by atoms with Crippen molar-refractivity contribution in [3.8, 4) is 5.75 Å². The summed E-state index contributed by atoms with van der Waals surface area (Å²) >= 11 is 3.46. The third-order valence-electron chi connectivity index (χ3n) is 4.68.